The van der Waals surface area contributed by atoms with Gasteiger partial charge in [-0.3, -0.25) is 4.79 Å². The smallest absolute Gasteiger partial charge is 0.355 e. The zero-order valence-electron chi connectivity index (χ0n) is 16.7. The van der Waals surface area contributed by atoms with Gasteiger partial charge in [0.15, 0.2) is 5.78 Å². The monoisotopic (exact) mass is 423 g/mol. The first-order valence-corrected chi connectivity index (χ1v) is 9.44. The van der Waals surface area contributed by atoms with E-state index in [9.17, 15) is 14.0 Å². The van der Waals surface area contributed by atoms with E-state index < -0.39 is 23.6 Å². The van der Waals surface area contributed by atoms with Crippen molar-refractivity contribution >= 4 is 17.7 Å². The lowest BCUT2D eigenvalue weighted by Gasteiger charge is -2.28. The van der Waals surface area contributed by atoms with Crippen molar-refractivity contribution in [2.45, 2.75) is 13.0 Å². The highest BCUT2D eigenvalue weighted by molar-refractivity contribution is 6.14. The van der Waals surface area contributed by atoms with Gasteiger partial charge in [-0.05, 0) is 59.3 Å². The Morgan fingerprint density at radius 3 is 2.48 bits per heavy atom. The second-order valence-electron chi connectivity index (χ2n) is 6.59. The maximum Gasteiger partial charge on any atom is 0.355 e. The summed E-state index contributed by atoms with van der Waals surface area (Å²) in [7, 11) is 1.21. The average molecular weight is 423 g/mol. The number of anilines is 1. The van der Waals surface area contributed by atoms with E-state index in [1.54, 1.807) is 24.3 Å². The van der Waals surface area contributed by atoms with E-state index >= 15 is 0 Å². The van der Waals surface area contributed by atoms with Crippen LogP contribution in [0, 0.1) is 5.82 Å². The topological polar surface area (TPSA) is 108 Å². The lowest BCUT2D eigenvalue weighted by Crippen LogP contribution is -2.32. The molecule has 2 heterocycles. The minimum atomic E-state index is -0.875. The SMILES string of the molecule is CCOc1ccc(C(=O)C2=C(C(=O)OC)Nc3nnnn3C2c2ccc(F)cc2)cc1. The molecule has 1 N–H and O–H groups in total. The van der Waals surface area contributed by atoms with Crippen LogP contribution < -0.4 is 10.1 Å². The van der Waals surface area contributed by atoms with Crippen LogP contribution in [0.25, 0.3) is 0 Å². The third kappa shape index (κ3) is 3.75. The van der Waals surface area contributed by atoms with Crippen LogP contribution >= 0.6 is 0 Å². The molecule has 2 aromatic carbocycles. The van der Waals surface area contributed by atoms with E-state index in [0.29, 0.717) is 23.5 Å². The third-order valence-corrected chi connectivity index (χ3v) is 4.76. The molecule has 158 valence electrons. The second kappa shape index (κ2) is 8.34. The zero-order chi connectivity index (χ0) is 22.0. The molecule has 9 nitrogen and oxygen atoms in total. The van der Waals surface area contributed by atoms with Crippen LogP contribution in [0.15, 0.2) is 59.8 Å². The van der Waals surface area contributed by atoms with Gasteiger partial charge in [0.25, 0.3) is 0 Å². The lowest BCUT2D eigenvalue weighted by molar-refractivity contribution is -0.136. The standard InChI is InChI=1S/C21H18FN5O4/c1-3-31-15-10-6-13(7-11-15)19(28)16-17(20(29)30-2)23-21-24-25-26-27(21)18(16)12-4-8-14(22)9-5-12/h4-11,18H,3H2,1-2H3,(H,23,24,26). The number of hydrogen-bond donors (Lipinski definition) is 1. The second-order valence-corrected chi connectivity index (χ2v) is 6.59. The molecule has 0 saturated carbocycles. The number of esters is 1. The molecule has 10 heteroatoms. The molecule has 0 saturated heterocycles. The number of ketones is 1. The van der Waals surface area contributed by atoms with Crippen molar-refractivity contribution in [3.05, 3.63) is 76.7 Å². The summed E-state index contributed by atoms with van der Waals surface area (Å²) in [6, 6.07) is 11.2. The molecule has 0 amide bonds. The predicted octanol–water partition coefficient (Wildman–Crippen LogP) is 2.54. The number of nitrogens with one attached hydrogen (secondary N) is 1. The van der Waals surface area contributed by atoms with Gasteiger partial charge in [0.05, 0.1) is 19.3 Å². The molecular weight excluding hydrogens is 405 g/mol. The average Bonchev–Trinajstić information content (AvgIpc) is 3.26. The van der Waals surface area contributed by atoms with E-state index in [-0.39, 0.29) is 17.2 Å². The van der Waals surface area contributed by atoms with E-state index in [4.69, 9.17) is 9.47 Å². The largest absolute Gasteiger partial charge is 0.494 e. The van der Waals surface area contributed by atoms with Crippen molar-refractivity contribution in [1.29, 1.82) is 0 Å². The molecule has 3 aromatic rings. The number of Topliss-reactive ketones (excluding diaryl/α,β-unsaturated/α-hetero) is 1. The Labute approximate surface area is 176 Å². The number of nitrogens with zero attached hydrogens (tertiary/aromatic N) is 4. The van der Waals surface area contributed by atoms with E-state index in [2.05, 4.69) is 20.8 Å². The fraction of sp³-hybridized carbons (Fsp3) is 0.190. The molecule has 0 radical (unpaired) electrons. The molecule has 1 aromatic heterocycles. The number of fused-ring (bicyclic) bond motifs is 1. The molecule has 31 heavy (non-hydrogen) atoms. The van der Waals surface area contributed by atoms with Gasteiger partial charge in [-0.25, -0.2) is 9.18 Å². The van der Waals surface area contributed by atoms with Crippen molar-refractivity contribution in [3.8, 4) is 5.75 Å². The molecule has 0 bridgehead atoms. The Hall–Kier alpha value is -4.08. The van der Waals surface area contributed by atoms with Crippen LogP contribution in [0.5, 0.6) is 5.75 Å². The highest BCUT2D eigenvalue weighted by Crippen LogP contribution is 2.36. The Morgan fingerprint density at radius 2 is 1.84 bits per heavy atom. The summed E-state index contributed by atoms with van der Waals surface area (Å²) in [6.45, 7) is 2.35. The highest BCUT2D eigenvalue weighted by Gasteiger charge is 2.38. The number of hydrogen-bond acceptors (Lipinski definition) is 8. The number of ether oxygens (including phenoxy) is 2. The van der Waals surface area contributed by atoms with E-state index in [0.717, 1.165) is 0 Å². The Balaban J connectivity index is 1.87. The molecule has 1 aliphatic rings. The van der Waals surface area contributed by atoms with Crippen LogP contribution in [0.4, 0.5) is 10.3 Å². The lowest BCUT2D eigenvalue weighted by atomic mass is 9.89. The maximum atomic E-state index is 13.6. The Morgan fingerprint density at radius 1 is 1.13 bits per heavy atom. The Kier molecular flexibility index (Phi) is 5.44. The van der Waals surface area contributed by atoms with Crippen LogP contribution in [0.3, 0.4) is 0 Å². The van der Waals surface area contributed by atoms with Crippen molar-refractivity contribution in [2.24, 2.45) is 0 Å². The van der Waals surface area contributed by atoms with Crippen LogP contribution in [-0.4, -0.2) is 45.7 Å². The summed E-state index contributed by atoms with van der Waals surface area (Å²) in [6.07, 6.45) is 0. The van der Waals surface area contributed by atoms with Crippen molar-refractivity contribution < 1.29 is 23.5 Å². The number of benzene rings is 2. The minimum absolute atomic E-state index is 0.0717. The molecular formula is C21H18FN5O4. The predicted molar refractivity (Wildman–Crippen MR) is 107 cm³/mol. The quantitative estimate of drug-likeness (QED) is 0.476. The highest BCUT2D eigenvalue weighted by atomic mass is 19.1. The number of rotatable bonds is 6. The molecule has 1 unspecified atom stereocenters. The fourth-order valence-electron chi connectivity index (χ4n) is 3.37. The molecule has 1 atom stereocenters. The first kappa shape index (κ1) is 20.2. The van der Waals surface area contributed by atoms with Gasteiger partial charge in [-0.15, -0.1) is 0 Å². The number of allylic oxidation sites excluding steroid dienone is 1. The van der Waals surface area contributed by atoms with Crippen LogP contribution in [0.2, 0.25) is 0 Å². The van der Waals surface area contributed by atoms with Gasteiger partial charge < -0.3 is 14.8 Å². The van der Waals surface area contributed by atoms with Gasteiger partial charge in [0.1, 0.15) is 23.3 Å². The van der Waals surface area contributed by atoms with Gasteiger partial charge in [-0.2, -0.15) is 4.68 Å². The number of methoxy groups -OCH3 is 1. The van der Waals surface area contributed by atoms with E-state index in [1.165, 1.54) is 36.1 Å². The van der Waals surface area contributed by atoms with E-state index in [1.807, 2.05) is 6.92 Å². The number of carbonyl (C=O) groups is 2. The van der Waals surface area contributed by atoms with Crippen molar-refractivity contribution in [2.75, 3.05) is 19.0 Å². The number of halogens is 1. The number of carbonyl (C=O) groups excluding carboxylic acids is 2. The van der Waals surface area contributed by atoms with Gasteiger partial charge in [0.2, 0.25) is 5.95 Å². The van der Waals surface area contributed by atoms with Crippen molar-refractivity contribution in [3.63, 3.8) is 0 Å². The number of aromatic nitrogens is 4. The summed E-state index contributed by atoms with van der Waals surface area (Å²) < 4.78 is 25.2. The van der Waals surface area contributed by atoms with Gasteiger partial charge in [0, 0.05) is 5.56 Å². The van der Waals surface area contributed by atoms with Crippen LogP contribution in [-0.2, 0) is 9.53 Å². The molecule has 4 rings (SSSR count). The normalized spacial score (nSPS) is 15.1. The molecule has 0 aliphatic carbocycles. The summed E-state index contributed by atoms with van der Waals surface area (Å²) >= 11 is 0. The molecule has 0 spiro atoms. The molecule has 1 aliphatic heterocycles. The Bertz CT molecular complexity index is 1160. The zero-order valence-corrected chi connectivity index (χ0v) is 16.7. The number of tetrazole rings is 1. The van der Waals surface area contributed by atoms with Gasteiger partial charge in [-0.1, -0.05) is 17.2 Å². The summed E-state index contributed by atoms with van der Waals surface area (Å²) in [5.41, 5.74) is 0.831. The summed E-state index contributed by atoms with van der Waals surface area (Å²) in [5.74, 6) is -0.868. The molecule has 0 fully saturated rings. The van der Waals surface area contributed by atoms with Gasteiger partial charge >= 0.3 is 5.97 Å². The van der Waals surface area contributed by atoms with Crippen molar-refractivity contribution in [1.82, 2.24) is 20.2 Å². The maximum absolute atomic E-state index is 13.6. The first-order chi connectivity index (χ1) is 15.0. The van der Waals surface area contributed by atoms with Crippen LogP contribution in [0.1, 0.15) is 28.9 Å². The first-order valence-electron chi connectivity index (χ1n) is 9.44. The fourth-order valence-corrected chi connectivity index (χ4v) is 3.37. The third-order valence-electron chi connectivity index (χ3n) is 4.76. The minimum Gasteiger partial charge on any atom is -0.494 e. The summed E-state index contributed by atoms with van der Waals surface area (Å²) in [4.78, 5) is 26.1. The summed E-state index contributed by atoms with van der Waals surface area (Å²) in [5, 5.41) is 14.2.